The van der Waals surface area contributed by atoms with Crippen molar-refractivity contribution < 1.29 is 14.4 Å². The molecule has 10 heteroatoms. The van der Waals surface area contributed by atoms with Crippen LogP contribution in [-0.4, -0.2) is 40.5 Å². The van der Waals surface area contributed by atoms with E-state index in [4.69, 9.17) is 0 Å². The van der Waals surface area contributed by atoms with Crippen molar-refractivity contribution in [2.24, 2.45) is 0 Å². The minimum Gasteiger partial charge on any atom is -0.359 e. The third kappa shape index (κ3) is 6.94. The standard InChI is InChI=1S/C17H19N5O4S/c1-10(23)19-11-3-5-12(6-4-11)20-16(26)9-27-17-21-13(7-14(24)18-2)8-15(25)22-17/h3-6,8H,7,9H2,1-2H3,(H,18,24)(H,19,23)(H,20,26)(H,21,22,25). The average Bonchev–Trinajstić information content (AvgIpc) is 2.60. The Labute approximate surface area is 159 Å². The highest BCUT2D eigenvalue weighted by atomic mass is 32.2. The summed E-state index contributed by atoms with van der Waals surface area (Å²) in [5, 5.41) is 8.06. The molecule has 27 heavy (non-hydrogen) atoms. The van der Waals surface area contributed by atoms with Crippen molar-refractivity contribution in [1.82, 2.24) is 15.3 Å². The highest BCUT2D eigenvalue weighted by Gasteiger charge is 2.09. The van der Waals surface area contributed by atoms with Crippen LogP contribution in [-0.2, 0) is 20.8 Å². The quantitative estimate of drug-likeness (QED) is 0.408. The van der Waals surface area contributed by atoms with Crippen LogP contribution >= 0.6 is 11.8 Å². The highest BCUT2D eigenvalue weighted by Crippen LogP contribution is 2.15. The number of anilines is 2. The Morgan fingerprint density at radius 2 is 1.70 bits per heavy atom. The summed E-state index contributed by atoms with van der Waals surface area (Å²) in [6, 6.07) is 7.92. The van der Waals surface area contributed by atoms with Crippen LogP contribution in [0.2, 0.25) is 0 Å². The number of carbonyl (C=O) groups excluding carboxylic acids is 3. The van der Waals surface area contributed by atoms with Gasteiger partial charge in [0, 0.05) is 31.4 Å². The summed E-state index contributed by atoms with van der Waals surface area (Å²) in [5.74, 6) is -0.695. The van der Waals surface area contributed by atoms with Crippen molar-refractivity contribution in [3.05, 3.63) is 46.4 Å². The van der Waals surface area contributed by atoms with Gasteiger partial charge in [-0.2, -0.15) is 0 Å². The van der Waals surface area contributed by atoms with Crippen molar-refractivity contribution in [2.75, 3.05) is 23.4 Å². The predicted octanol–water partition coefficient (Wildman–Crippen LogP) is 0.748. The van der Waals surface area contributed by atoms with Crippen LogP contribution in [0, 0.1) is 0 Å². The molecule has 0 radical (unpaired) electrons. The summed E-state index contributed by atoms with van der Waals surface area (Å²) in [4.78, 5) is 52.8. The lowest BCUT2D eigenvalue weighted by Crippen LogP contribution is -2.22. The zero-order valence-corrected chi connectivity index (χ0v) is 15.6. The number of H-pyrrole nitrogens is 1. The van der Waals surface area contributed by atoms with Crippen molar-refractivity contribution in [3.63, 3.8) is 0 Å². The lowest BCUT2D eigenvalue weighted by molar-refractivity contribution is -0.120. The number of aromatic nitrogens is 2. The Hall–Kier alpha value is -3.14. The van der Waals surface area contributed by atoms with Crippen molar-refractivity contribution in [1.29, 1.82) is 0 Å². The molecular formula is C17H19N5O4S. The first-order chi connectivity index (χ1) is 12.9. The summed E-state index contributed by atoms with van der Waals surface area (Å²) >= 11 is 1.05. The topological polar surface area (TPSA) is 133 Å². The van der Waals surface area contributed by atoms with Gasteiger partial charge < -0.3 is 20.9 Å². The SMILES string of the molecule is CNC(=O)Cc1cc(=O)[nH]c(SCC(=O)Nc2ccc(NC(C)=O)cc2)n1. The van der Waals surface area contributed by atoms with E-state index in [1.807, 2.05) is 0 Å². The fourth-order valence-corrected chi connectivity index (χ4v) is 2.76. The largest absolute Gasteiger partial charge is 0.359 e. The summed E-state index contributed by atoms with van der Waals surface area (Å²) in [6.07, 6.45) is -0.0131. The van der Waals surface area contributed by atoms with Crippen molar-refractivity contribution >= 4 is 40.9 Å². The minimum atomic E-state index is -0.389. The normalized spacial score (nSPS) is 10.1. The molecule has 0 aliphatic rings. The Morgan fingerprint density at radius 1 is 1.07 bits per heavy atom. The molecule has 0 aliphatic heterocycles. The number of nitrogens with one attached hydrogen (secondary N) is 4. The summed E-state index contributed by atoms with van der Waals surface area (Å²) in [7, 11) is 1.50. The molecule has 0 unspecified atom stereocenters. The number of likely N-dealkylation sites (N-methyl/N-ethyl adjacent to an activating group) is 1. The molecule has 3 amide bonds. The number of carbonyl (C=O) groups is 3. The van der Waals surface area contributed by atoms with E-state index >= 15 is 0 Å². The van der Waals surface area contributed by atoms with Gasteiger partial charge in [0.2, 0.25) is 17.7 Å². The molecule has 0 saturated carbocycles. The monoisotopic (exact) mass is 389 g/mol. The number of aromatic amines is 1. The molecule has 4 N–H and O–H groups in total. The molecule has 0 spiro atoms. The molecule has 0 atom stereocenters. The first-order valence-corrected chi connectivity index (χ1v) is 8.95. The third-order valence-electron chi connectivity index (χ3n) is 3.22. The number of amides is 3. The molecule has 0 saturated heterocycles. The summed E-state index contributed by atoms with van der Waals surface area (Å²) in [5.41, 5.74) is 1.14. The Bertz CT molecular complexity index is 895. The van der Waals surface area contributed by atoms with Gasteiger partial charge in [-0.25, -0.2) is 4.98 Å². The van der Waals surface area contributed by atoms with Gasteiger partial charge >= 0.3 is 0 Å². The Kier molecular flexibility index (Phi) is 7.12. The zero-order valence-electron chi connectivity index (χ0n) is 14.8. The molecule has 1 aromatic carbocycles. The molecule has 0 fully saturated rings. The van der Waals surface area contributed by atoms with E-state index in [2.05, 4.69) is 25.9 Å². The van der Waals surface area contributed by atoms with Gasteiger partial charge in [0.1, 0.15) is 0 Å². The molecule has 2 rings (SSSR count). The molecule has 1 heterocycles. The van der Waals surface area contributed by atoms with Gasteiger partial charge in [-0.3, -0.25) is 19.2 Å². The summed E-state index contributed by atoms with van der Waals surface area (Å²) < 4.78 is 0. The van der Waals surface area contributed by atoms with Crippen molar-refractivity contribution in [3.8, 4) is 0 Å². The van der Waals surface area contributed by atoms with E-state index < -0.39 is 0 Å². The average molecular weight is 389 g/mol. The van der Waals surface area contributed by atoms with Gasteiger partial charge in [0.25, 0.3) is 5.56 Å². The maximum Gasteiger partial charge on any atom is 0.251 e. The van der Waals surface area contributed by atoms with E-state index in [-0.39, 0.29) is 40.6 Å². The van der Waals surface area contributed by atoms with E-state index in [1.54, 1.807) is 24.3 Å². The smallest absolute Gasteiger partial charge is 0.251 e. The molecule has 1 aromatic heterocycles. The Morgan fingerprint density at radius 3 is 2.30 bits per heavy atom. The van der Waals surface area contributed by atoms with Gasteiger partial charge in [-0.05, 0) is 24.3 Å². The molecule has 142 valence electrons. The lowest BCUT2D eigenvalue weighted by atomic mass is 10.3. The number of thioether (sulfide) groups is 1. The predicted molar refractivity (Wildman–Crippen MR) is 103 cm³/mol. The van der Waals surface area contributed by atoms with E-state index in [1.165, 1.54) is 20.0 Å². The zero-order chi connectivity index (χ0) is 19.8. The second-order valence-corrected chi connectivity index (χ2v) is 6.45. The van der Waals surface area contributed by atoms with Crippen LogP contribution in [0.3, 0.4) is 0 Å². The van der Waals surface area contributed by atoms with Crippen LogP contribution in [0.1, 0.15) is 12.6 Å². The van der Waals surface area contributed by atoms with E-state index in [9.17, 15) is 19.2 Å². The molecule has 9 nitrogen and oxygen atoms in total. The number of nitrogens with zero attached hydrogens (tertiary/aromatic N) is 1. The molecule has 2 aromatic rings. The molecule has 0 aliphatic carbocycles. The second-order valence-electron chi connectivity index (χ2n) is 5.49. The molecular weight excluding hydrogens is 370 g/mol. The van der Waals surface area contributed by atoms with Gasteiger partial charge in [0.05, 0.1) is 17.9 Å². The van der Waals surface area contributed by atoms with E-state index in [0.29, 0.717) is 17.1 Å². The lowest BCUT2D eigenvalue weighted by Gasteiger charge is -2.07. The van der Waals surface area contributed by atoms with Crippen LogP contribution < -0.4 is 21.5 Å². The van der Waals surface area contributed by atoms with Gasteiger partial charge in [0.15, 0.2) is 5.16 Å². The van der Waals surface area contributed by atoms with Crippen molar-refractivity contribution in [2.45, 2.75) is 18.5 Å². The number of rotatable bonds is 7. The first-order valence-electron chi connectivity index (χ1n) is 7.97. The maximum atomic E-state index is 12.1. The summed E-state index contributed by atoms with van der Waals surface area (Å²) in [6.45, 7) is 1.41. The first kappa shape index (κ1) is 20.2. The number of hydrogen-bond donors (Lipinski definition) is 4. The van der Waals surface area contributed by atoms with Crippen LogP contribution in [0.15, 0.2) is 40.3 Å². The maximum absolute atomic E-state index is 12.1. The highest BCUT2D eigenvalue weighted by molar-refractivity contribution is 7.99. The number of benzene rings is 1. The second kappa shape index (κ2) is 9.53. The van der Waals surface area contributed by atoms with Gasteiger partial charge in [-0.15, -0.1) is 0 Å². The third-order valence-corrected chi connectivity index (χ3v) is 4.10. The van der Waals surface area contributed by atoms with E-state index in [0.717, 1.165) is 11.8 Å². The minimum absolute atomic E-state index is 0.0131. The number of hydrogen-bond acceptors (Lipinski definition) is 6. The van der Waals surface area contributed by atoms with Crippen LogP contribution in [0.4, 0.5) is 11.4 Å². The fourth-order valence-electron chi connectivity index (χ4n) is 2.07. The fraction of sp³-hybridized carbons (Fsp3) is 0.235. The van der Waals surface area contributed by atoms with Crippen LogP contribution in [0.25, 0.3) is 0 Å². The van der Waals surface area contributed by atoms with Crippen LogP contribution in [0.5, 0.6) is 0 Å². The Balaban J connectivity index is 1.92. The van der Waals surface area contributed by atoms with Gasteiger partial charge in [-0.1, -0.05) is 11.8 Å². The molecule has 0 bridgehead atoms.